The van der Waals surface area contributed by atoms with Crippen LogP contribution in [-0.2, 0) is 19.6 Å². The minimum atomic E-state index is -5.08. The molecule has 3 atom stereocenters. The van der Waals surface area contributed by atoms with Crippen molar-refractivity contribution in [3.8, 4) is 0 Å². The molecule has 0 spiro atoms. The Hall–Kier alpha value is -1.40. The zero-order valence-electron chi connectivity index (χ0n) is 15.9. The summed E-state index contributed by atoms with van der Waals surface area (Å²) in [5, 5.41) is 9.72. The number of nitrogens with zero attached hydrogens (tertiary/aromatic N) is 2. The van der Waals surface area contributed by atoms with Gasteiger partial charge in [-0.05, 0) is 39.0 Å². The number of rotatable bonds is 4. The third-order valence-corrected chi connectivity index (χ3v) is 7.67. The normalized spacial score (nSPS) is 28.6. The molecule has 2 N–H and O–H groups in total. The zero-order valence-corrected chi connectivity index (χ0v) is 16.8. The van der Waals surface area contributed by atoms with Gasteiger partial charge in [-0.15, -0.1) is 0 Å². The van der Waals surface area contributed by atoms with Crippen molar-refractivity contribution in [2.75, 3.05) is 20.1 Å². The molecule has 0 unspecified atom stereocenters. The number of likely N-dealkylation sites (N-methyl/N-ethyl adjacent to an activating group) is 1. The number of carbonyl (C=O) groups is 2. The molecule has 2 aliphatic heterocycles. The highest BCUT2D eigenvalue weighted by Gasteiger charge is 2.53. The average Bonchev–Trinajstić information content (AvgIpc) is 3.26. The summed E-state index contributed by atoms with van der Waals surface area (Å²) in [6, 6.07) is 0.308. The molecule has 8 nitrogen and oxygen atoms in total. The van der Waals surface area contributed by atoms with Gasteiger partial charge in [-0.1, -0.05) is 0 Å². The molecule has 28 heavy (non-hydrogen) atoms. The number of hydrogen-bond donors (Lipinski definition) is 2. The molecule has 1 saturated carbocycles. The quantitative estimate of drug-likeness (QED) is 0.679. The first-order valence-corrected chi connectivity index (χ1v) is 10.6. The molecule has 2 heterocycles. The van der Waals surface area contributed by atoms with Crippen LogP contribution in [0.2, 0.25) is 0 Å². The summed E-state index contributed by atoms with van der Waals surface area (Å²) in [7, 11) is -1.43. The SMILES string of the molecule is CNC(=O)[C@@H]1C[C@H]2CN(S(=O)(=O)C3CC3)C[C@H]2N1C(C)C.O=C(O)C(F)(F)F. The third kappa shape index (κ3) is 4.77. The largest absolute Gasteiger partial charge is 0.490 e. The van der Waals surface area contributed by atoms with Gasteiger partial charge in [0.25, 0.3) is 0 Å². The van der Waals surface area contributed by atoms with Gasteiger partial charge in [0, 0.05) is 32.2 Å². The minimum Gasteiger partial charge on any atom is -0.475 e. The Morgan fingerprint density at radius 1 is 1.18 bits per heavy atom. The second-order valence-electron chi connectivity index (χ2n) is 7.60. The first-order chi connectivity index (χ1) is 12.8. The summed E-state index contributed by atoms with van der Waals surface area (Å²) in [5.41, 5.74) is 0. The summed E-state index contributed by atoms with van der Waals surface area (Å²) in [6.45, 7) is 5.29. The Morgan fingerprint density at radius 2 is 1.71 bits per heavy atom. The van der Waals surface area contributed by atoms with Crippen LogP contribution in [0.25, 0.3) is 0 Å². The lowest BCUT2D eigenvalue weighted by Crippen LogP contribution is -2.50. The summed E-state index contributed by atoms with van der Waals surface area (Å²) in [4.78, 5) is 23.2. The first-order valence-electron chi connectivity index (χ1n) is 9.08. The van der Waals surface area contributed by atoms with Crippen molar-refractivity contribution in [1.29, 1.82) is 0 Å². The van der Waals surface area contributed by atoms with Crippen LogP contribution in [-0.4, -0.2) is 84.3 Å². The lowest BCUT2D eigenvalue weighted by Gasteiger charge is -2.32. The number of halogens is 3. The lowest BCUT2D eigenvalue weighted by molar-refractivity contribution is -0.192. The van der Waals surface area contributed by atoms with Gasteiger partial charge in [0.15, 0.2) is 0 Å². The number of likely N-dealkylation sites (tertiary alicyclic amines) is 1. The van der Waals surface area contributed by atoms with Gasteiger partial charge in [-0.25, -0.2) is 13.2 Å². The Bertz CT molecular complexity index is 709. The van der Waals surface area contributed by atoms with Crippen molar-refractivity contribution in [2.45, 2.75) is 62.7 Å². The van der Waals surface area contributed by atoms with Crippen molar-refractivity contribution in [3.05, 3.63) is 0 Å². The predicted molar refractivity (Wildman–Crippen MR) is 93.9 cm³/mol. The fraction of sp³-hybridized carbons (Fsp3) is 0.875. The van der Waals surface area contributed by atoms with Crippen molar-refractivity contribution < 1.29 is 36.3 Å². The second-order valence-corrected chi connectivity index (χ2v) is 9.81. The van der Waals surface area contributed by atoms with Crippen LogP contribution < -0.4 is 5.32 Å². The number of carboxylic acids is 1. The smallest absolute Gasteiger partial charge is 0.475 e. The number of carbonyl (C=O) groups excluding carboxylic acids is 1. The molecule has 12 heteroatoms. The van der Waals surface area contributed by atoms with E-state index < -0.39 is 22.2 Å². The first kappa shape index (κ1) is 22.9. The fourth-order valence-corrected chi connectivity index (χ4v) is 5.87. The predicted octanol–water partition coefficient (Wildman–Crippen LogP) is 0.641. The van der Waals surface area contributed by atoms with Gasteiger partial charge in [0.1, 0.15) is 0 Å². The molecule has 1 amide bonds. The molecular formula is C16H26F3N3O5S. The van der Waals surface area contributed by atoms with Crippen LogP contribution in [0.3, 0.4) is 0 Å². The number of alkyl halides is 3. The standard InChI is InChI=1S/C14H25N3O3S.C2HF3O2/c1-9(2)17-12(14(18)15-3)6-10-7-16(8-13(10)17)21(19,20)11-4-5-11;3-2(4,5)1(6)7/h9-13H,4-8H2,1-3H3,(H,15,18);(H,6,7)/t10-,12-,13+;/m0./s1. The van der Waals surface area contributed by atoms with E-state index in [0.717, 1.165) is 19.3 Å². The Labute approximate surface area is 162 Å². The minimum absolute atomic E-state index is 0.0506. The number of fused-ring (bicyclic) bond motifs is 1. The van der Waals surface area contributed by atoms with Crippen molar-refractivity contribution in [2.24, 2.45) is 5.92 Å². The molecule has 2 saturated heterocycles. The maximum absolute atomic E-state index is 12.4. The molecule has 0 aromatic heterocycles. The topological polar surface area (TPSA) is 107 Å². The number of nitrogens with one attached hydrogen (secondary N) is 1. The highest BCUT2D eigenvalue weighted by atomic mass is 32.2. The molecule has 3 aliphatic rings. The van der Waals surface area contributed by atoms with E-state index in [0.29, 0.717) is 13.1 Å². The van der Waals surface area contributed by atoms with Crippen LogP contribution in [0.4, 0.5) is 13.2 Å². The summed E-state index contributed by atoms with van der Waals surface area (Å²) in [6.07, 6.45) is -2.70. The average molecular weight is 429 g/mol. The summed E-state index contributed by atoms with van der Waals surface area (Å²) < 4.78 is 58.2. The van der Waals surface area contributed by atoms with E-state index in [9.17, 15) is 26.4 Å². The lowest BCUT2D eigenvalue weighted by atomic mass is 10.0. The van der Waals surface area contributed by atoms with Crippen LogP contribution in [0, 0.1) is 5.92 Å². The van der Waals surface area contributed by atoms with Gasteiger partial charge in [0.05, 0.1) is 11.3 Å². The number of carboxylic acid groups (broad SMARTS) is 1. The van der Waals surface area contributed by atoms with E-state index in [-0.39, 0.29) is 35.2 Å². The second kappa shape index (κ2) is 8.15. The van der Waals surface area contributed by atoms with E-state index in [1.807, 2.05) is 0 Å². The van der Waals surface area contributed by atoms with Crippen molar-refractivity contribution in [3.63, 3.8) is 0 Å². The van der Waals surface area contributed by atoms with Gasteiger partial charge in [-0.3, -0.25) is 9.69 Å². The van der Waals surface area contributed by atoms with E-state index >= 15 is 0 Å². The van der Waals surface area contributed by atoms with Gasteiger partial charge >= 0.3 is 12.1 Å². The molecule has 1 aliphatic carbocycles. The van der Waals surface area contributed by atoms with Crippen molar-refractivity contribution in [1.82, 2.24) is 14.5 Å². The highest BCUT2D eigenvalue weighted by Crippen LogP contribution is 2.41. The molecular weight excluding hydrogens is 403 g/mol. The monoisotopic (exact) mass is 429 g/mol. The number of aliphatic carboxylic acids is 1. The Balaban J connectivity index is 0.000000345. The molecule has 0 aromatic carbocycles. The molecule has 0 radical (unpaired) electrons. The van der Waals surface area contributed by atoms with Gasteiger partial charge in [0.2, 0.25) is 15.9 Å². The Morgan fingerprint density at radius 3 is 2.11 bits per heavy atom. The van der Waals surface area contributed by atoms with E-state index in [1.54, 1.807) is 11.4 Å². The van der Waals surface area contributed by atoms with Gasteiger partial charge < -0.3 is 10.4 Å². The maximum atomic E-state index is 12.4. The molecule has 3 rings (SSSR count). The fourth-order valence-electron chi connectivity index (χ4n) is 3.96. The van der Waals surface area contributed by atoms with E-state index in [1.165, 1.54) is 0 Å². The molecule has 3 fully saturated rings. The van der Waals surface area contributed by atoms with Crippen LogP contribution >= 0.6 is 0 Å². The highest BCUT2D eigenvalue weighted by molar-refractivity contribution is 7.90. The third-order valence-electron chi connectivity index (χ3n) is 5.34. The Kier molecular flexibility index (Phi) is 6.66. The molecule has 162 valence electrons. The molecule has 0 bridgehead atoms. The van der Waals surface area contributed by atoms with Gasteiger partial charge in [-0.2, -0.15) is 17.5 Å². The van der Waals surface area contributed by atoms with Crippen LogP contribution in [0.5, 0.6) is 0 Å². The number of amides is 1. The van der Waals surface area contributed by atoms with Crippen molar-refractivity contribution >= 4 is 21.9 Å². The zero-order chi connectivity index (χ0) is 21.4. The maximum Gasteiger partial charge on any atom is 0.490 e. The summed E-state index contributed by atoms with van der Waals surface area (Å²) in [5.74, 6) is -2.43. The van der Waals surface area contributed by atoms with Crippen LogP contribution in [0.1, 0.15) is 33.1 Å². The summed E-state index contributed by atoms with van der Waals surface area (Å²) >= 11 is 0. The number of hydrogen-bond acceptors (Lipinski definition) is 5. The van der Waals surface area contributed by atoms with E-state index in [2.05, 4.69) is 24.1 Å². The van der Waals surface area contributed by atoms with Crippen LogP contribution in [0.15, 0.2) is 0 Å². The number of sulfonamides is 1. The molecule has 0 aromatic rings. The van der Waals surface area contributed by atoms with E-state index in [4.69, 9.17) is 9.90 Å².